The summed E-state index contributed by atoms with van der Waals surface area (Å²) in [6.07, 6.45) is 1.33. The smallest absolute Gasteiger partial charge is 0.404 e. The standard InChI is InChI=1S/C10H16O7P2.Mg.2H/c1-2-3-9-15-19(14,17-18(11,12)13)16-10-7-5-4-6-8-10;;;/h4-8H,2-3,9H2,1H3,(H2,11,12,13);;;. The second-order valence-electron chi connectivity index (χ2n) is 3.61. The van der Waals surface area contributed by atoms with Gasteiger partial charge in [0, 0.05) is 0 Å². The summed E-state index contributed by atoms with van der Waals surface area (Å²) < 4.78 is 36.9. The van der Waals surface area contributed by atoms with E-state index in [9.17, 15) is 9.13 Å². The SMILES string of the molecule is CCCCOP(=O)(Oc1ccccc1)OP(=O)(O)O.[MgH2]. The average molecular weight is 337 g/mol. The first-order valence-corrected chi connectivity index (χ1v) is 8.60. The fourth-order valence-electron chi connectivity index (χ4n) is 1.13. The lowest BCUT2D eigenvalue weighted by Gasteiger charge is -2.18. The van der Waals surface area contributed by atoms with E-state index in [1.165, 1.54) is 12.1 Å². The highest BCUT2D eigenvalue weighted by molar-refractivity contribution is 7.61. The molecule has 7 nitrogen and oxygen atoms in total. The molecular formula is C10H18MgO7P2. The van der Waals surface area contributed by atoms with E-state index in [1.807, 2.05) is 6.92 Å². The molecule has 2 N–H and O–H groups in total. The third-order valence-corrected chi connectivity index (χ3v) is 4.50. The van der Waals surface area contributed by atoms with E-state index in [1.54, 1.807) is 18.2 Å². The maximum absolute atomic E-state index is 12.1. The second-order valence-corrected chi connectivity index (χ2v) is 6.58. The molecule has 1 atom stereocenters. The van der Waals surface area contributed by atoms with E-state index in [-0.39, 0.29) is 35.4 Å². The lowest BCUT2D eigenvalue weighted by molar-refractivity contribution is 0.182. The van der Waals surface area contributed by atoms with Gasteiger partial charge in [-0.15, -0.1) is 0 Å². The van der Waals surface area contributed by atoms with Crippen LogP contribution in [0.5, 0.6) is 5.75 Å². The van der Waals surface area contributed by atoms with Crippen molar-refractivity contribution in [2.45, 2.75) is 19.8 Å². The van der Waals surface area contributed by atoms with Crippen molar-refractivity contribution in [3.05, 3.63) is 30.3 Å². The minimum absolute atomic E-state index is 0. The molecule has 0 saturated carbocycles. The topological polar surface area (TPSA) is 102 Å². The molecule has 1 aromatic rings. The van der Waals surface area contributed by atoms with Gasteiger partial charge in [0.25, 0.3) is 0 Å². The number of phosphoric ester groups is 1. The highest BCUT2D eigenvalue weighted by Crippen LogP contribution is 2.60. The van der Waals surface area contributed by atoms with Gasteiger partial charge in [0.1, 0.15) is 5.75 Å². The summed E-state index contributed by atoms with van der Waals surface area (Å²) in [7, 11) is -9.34. The summed E-state index contributed by atoms with van der Waals surface area (Å²) in [6, 6.07) is 7.88. The quantitative estimate of drug-likeness (QED) is 0.426. The largest absolute Gasteiger partial charge is 0.539 e. The summed E-state index contributed by atoms with van der Waals surface area (Å²) in [5, 5.41) is 0. The molecule has 20 heavy (non-hydrogen) atoms. The van der Waals surface area contributed by atoms with Crippen LogP contribution in [0.15, 0.2) is 30.3 Å². The zero-order valence-corrected chi connectivity index (χ0v) is 12.1. The monoisotopic (exact) mass is 336 g/mol. The van der Waals surface area contributed by atoms with Gasteiger partial charge in [-0.1, -0.05) is 31.5 Å². The Bertz CT molecular complexity index is 476. The minimum Gasteiger partial charge on any atom is -0.404 e. The molecule has 0 heterocycles. The van der Waals surface area contributed by atoms with Crippen LogP contribution in [0, 0.1) is 0 Å². The third kappa shape index (κ3) is 8.39. The number of para-hydroxylation sites is 1. The molecule has 0 spiro atoms. The second kappa shape index (κ2) is 9.17. The summed E-state index contributed by atoms with van der Waals surface area (Å²) in [5.74, 6) is 0.135. The molecule has 1 rings (SSSR count). The van der Waals surface area contributed by atoms with Crippen LogP contribution in [0.3, 0.4) is 0 Å². The Labute approximate surface area is 133 Å². The summed E-state index contributed by atoms with van der Waals surface area (Å²) in [6.45, 7) is 1.90. The predicted octanol–water partition coefficient (Wildman–Crippen LogP) is 2.18. The van der Waals surface area contributed by atoms with Crippen LogP contribution >= 0.6 is 15.6 Å². The van der Waals surface area contributed by atoms with Gasteiger partial charge in [-0.05, 0) is 18.6 Å². The number of benzene rings is 1. The Morgan fingerprint density at radius 1 is 1.15 bits per heavy atom. The maximum Gasteiger partial charge on any atom is 0.539 e. The first kappa shape index (κ1) is 20.1. The Morgan fingerprint density at radius 2 is 1.75 bits per heavy atom. The Balaban J connectivity index is 0.00000361. The predicted molar refractivity (Wildman–Crippen MR) is 77.2 cm³/mol. The van der Waals surface area contributed by atoms with E-state index in [0.29, 0.717) is 6.42 Å². The maximum atomic E-state index is 12.1. The van der Waals surface area contributed by atoms with Crippen molar-refractivity contribution >= 4 is 38.7 Å². The lowest BCUT2D eigenvalue weighted by atomic mass is 10.3. The molecular weight excluding hydrogens is 318 g/mol. The van der Waals surface area contributed by atoms with Crippen molar-refractivity contribution in [2.75, 3.05) is 6.61 Å². The van der Waals surface area contributed by atoms with Crippen molar-refractivity contribution in [1.82, 2.24) is 0 Å². The molecule has 0 radical (unpaired) electrons. The molecule has 0 bridgehead atoms. The van der Waals surface area contributed by atoms with E-state index in [2.05, 4.69) is 4.31 Å². The minimum atomic E-state index is -4.99. The Kier molecular flexibility index (Phi) is 9.21. The zero-order valence-electron chi connectivity index (χ0n) is 10.3. The molecule has 1 aromatic carbocycles. The number of hydrogen-bond donors (Lipinski definition) is 2. The van der Waals surface area contributed by atoms with Crippen LogP contribution in [0.1, 0.15) is 19.8 Å². The van der Waals surface area contributed by atoms with Gasteiger partial charge < -0.3 is 14.3 Å². The zero-order chi connectivity index (χ0) is 14.4. The van der Waals surface area contributed by atoms with E-state index >= 15 is 0 Å². The molecule has 0 aromatic heterocycles. The van der Waals surface area contributed by atoms with Crippen LogP contribution in [0.25, 0.3) is 0 Å². The summed E-state index contributed by atoms with van der Waals surface area (Å²) >= 11 is 0. The molecule has 0 aliphatic rings. The fraction of sp³-hybridized carbons (Fsp3) is 0.400. The van der Waals surface area contributed by atoms with Gasteiger partial charge >= 0.3 is 38.7 Å². The molecule has 0 fully saturated rings. The first-order chi connectivity index (χ1) is 8.85. The van der Waals surface area contributed by atoms with Crippen molar-refractivity contribution in [2.24, 2.45) is 0 Å². The molecule has 0 aliphatic carbocycles. The van der Waals surface area contributed by atoms with E-state index < -0.39 is 15.6 Å². The molecule has 1 unspecified atom stereocenters. The van der Waals surface area contributed by atoms with Crippen LogP contribution in [0.4, 0.5) is 0 Å². The molecule has 0 saturated heterocycles. The molecule has 112 valence electrons. The molecule has 0 amide bonds. The van der Waals surface area contributed by atoms with Gasteiger partial charge in [0.15, 0.2) is 0 Å². The van der Waals surface area contributed by atoms with Crippen molar-refractivity contribution in [1.29, 1.82) is 0 Å². The molecule has 10 heteroatoms. The first-order valence-electron chi connectivity index (χ1n) is 5.61. The number of hydrogen-bond acceptors (Lipinski definition) is 5. The number of rotatable bonds is 8. The normalized spacial score (nSPS) is 14.2. The molecule has 0 aliphatic heterocycles. The Morgan fingerprint density at radius 3 is 2.25 bits per heavy atom. The fourth-order valence-corrected chi connectivity index (χ4v) is 3.28. The number of phosphoric acid groups is 2. The lowest BCUT2D eigenvalue weighted by Crippen LogP contribution is -2.02. The van der Waals surface area contributed by atoms with Gasteiger partial charge in [-0.25, -0.2) is 9.13 Å². The van der Waals surface area contributed by atoms with Gasteiger partial charge in [0.2, 0.25) is 0 Å². The summed E-state index contributed by atoms with van der Waals surface area (Å²) in [5.41, 5.74) is 0. The van der Waals surface area contributed by atoms with Crippen LogP contribution in [-0.4, -0.2) is 39.4 Å². The van der Waals surface area contributed by atoms with Crippen LogP contribution < -0.4 is 4.52 Å². The highest BCUT2D eigenvalue weighted by atomic mass is 31.3. The third-order valence-electron chi connectivity index (χ3n) is 1.91. The number of unbranched alkanes of at least 4 members (excludes halogenated alkanes) is 1. The van der Waals surface area contributed by atoms with Crippen molar-refractivity contribution in [3.8, 4) is 5.75 Å². The van der Waals surface area contributed by atoms with Crippen molar-refractivity contribution < 1.29 is 32.3 Å². The summed E-state index contributed by atoms with van der Waals surface area (Å²) in [4.78, 5) is 17.5. The van der Waals surface area contributed by atoms with Crippen LogP contribution in [0.2, 0.25) is 0 Å². The Hall–Kier alpha value is 0.0862. The average Bonchev–Trinajstić information content (AvgIpc) is 2.27. The van der Waals surface area contributed by atoms with Crippen molar-refractivity contribution in [3.63, 3.8) is 0 Å². The highest BCUT2D eigenvalue weighted by Gasteiger charge is 2.37. The van der Waals surface area contributed by atoms with E-state index in [0.717, 1.165) is 6.42 Å². The van der Waals surface area contributed by atoms with Gasteiger partial charge in [0.05, 0.1) is 6.61 Å². The van der Waals surface area contributed by atoms with Gasteiger partial charge in [-0.2, -0.15) is 4.31 Å². The van der Waals surface area contributed by atoms with Gasteiger partial charge in [-0.3, -0.25) is 4.52 Å². The van der Waals surface area contributed by atoms with Crippen LogP contribution in [-0.2, 0) is 18.0 Å². The van der Waals surface area contributed by atoms with E-state index in [4.69, 9.17) is 18.8 Å².